The largest absolute Gasteiger partial charge is 0.456 e. The molecular weight excluding hydrogens is 290 g/mol. The molecule has 2 aromatic rings. The van der Waals surface area contributed by atoms with E-state index in [-0.39, 0.29) is 5.91 Å². The molecule has 0 atom stereocenters. The van der Waals surface area contributed by atoms with Crippen LogP contribution in [0.2, 0.25) is 0 Å². The van der Waals surface area contributed by atoms with E-state index in [0.717, 1.165) is 25.9 Å². The summed E-state index contributed by atoms with van der Waals surface area (Å²) in [7, 11) is 1.98. The van der Waals surface area contributed by atoms with Gasteiger partial charge >= 0.3 is 0 Å². The molecule has 1 aliphatic rings. The molecule has 1 aliphatic heterocycles. The molecule has 3 rings (SSSR count). The second-order valence-electron chi connectivity index (χ2n) is 5.67. The minimum Gasteiger partial charge on any atom is -0.456 e. The molecule has 1 saturated heterocycles. The molecule has 1 aromatic heterocycles. The Hall–Kier alpha value is -2.40. The lowest BCUT2D eigenvalue weighted by Gasteiger charge is -2.31. The van der Waals surface area contributed by atoms with Crippen LogP contribution in [0.3, 0.4) is 0 Å². The Morgan fingerprint density at radius 1 is 1.17 bits per heavy atom. The average Bonchev–Trinajstić information content (AvgIpc) is 2.63. The van der Waals surface area contributed by atoms with Crippen molar-refractivity contribution in [2.75, 3.05) is 20.1 Å². The lowest BCUT2D eigenvalue weighted by molar-refractivity contribution is 0.0707. The van der Waals surface area contributed by atoms with Gasteiger partial charge in [-0.25, -0.2) is 0 Å². The van der Waals surface area contributed by atoms with Crippen molar-refractivity contribution in [1.29, 1.82) is 0 Å². The van der Waals surface area contributed by atoms with Crippen LogP contribution in [-0.4, -0.2) is 42.0 Å². The quantitative estimate of drug-likeness (QED) is 0.943. The van der Waals surface area contributed by atoms with Gasteiger partial charge < -0.3 is 15.0 Å². The Balaban J connectivity index is 1.62. The number of pyridine rings is 1. The second kappa shape index (κ2) is 7.24. The Morgan fingerprint density at radius 3 is 2.52 bits per heavy atom. The van der Waals surface area contributed by atoms with Crippen molar-refractivity contribution in [3.63, 3.8) is 0 Å². The minimum absolute atomic E-state index is 0.0903. The number of nitrogens with one attached hydrogen (secondary N) is 1. The third-order valence-electron chi connectivity index (χ3n) is 4.16. The number of amides is 1. The standard InChI is InChI=1S/C18H21N3O2/c1-19-15-8-11-21(12-9-15)18(22)14-4-6-16(7-5-14)23-17-3-2-10-20-13-17/h2-7,10,13,15,19H,8-9,11-12H2,1H3. The fourth-order valence-electron chi connectivity index (χ4n) is 2.76. The second-order valence-corrected chi connectivity index (χ2v) is 5.67. The van der Waals surface area contributed by atoms with E-state index in [4.69, 9.17) is 4.74 Å². The van der Waals surface area contributed by atoms with Crippen LogP contribution in [0, 0.1) is 0 Å². The van der Waals surface area contributed by atoms with Gasteiger partial charge in [-0.15, -0.1) is 0 Å². The third kappa shape index (κ3) is 3.87. The number of rotatable bonds is 4. The summed E-state index contributed by atoms with van der Waals surface area (Å²) in [6.07, 6.45) is 5.37. The molecule has 0 radical (unpaired) electrons. The van der Waals surface area contributed by atoms with Crippen LogP contribution in [-0.2, 0) is 0 Å². The highest BCUT2D eigenvalue weighted by Crippen LogP contribution is 2.21. The third-order valence-corrected chi connectivity index (χ3v) is 4.16. The van der Waals surface area contributed by atoms with Crippen LogP contribution in [0.25, 0.3) is 0 Å². The Morgan fingerprint density at radius 2 is 1.91 bits per heavy atom. The van der Waals surface area contributed by atoms with Crippen LogP contribution >= 0.6 is 0 Å². The van der Waals surface area contributed by atoms with E-state index in [1.807, 2.05) is 48.3 Å². The van der Waals surface area contributed by atoms with Gasteiger partial charge in [-0.05, 0) is 56.3 Å². The highest BCUT2D eigenvalue weighted by Gasteiger charge is 2.22. The molecular formula is C18H21N3O2. The van der Waals surface area contributed by atoms with Gasteiger partial charge in [0.25, 0.3) is 5.91 Å². The summed E-state index contributed by atoms with van der Waals surface area (Å²) in [5.41, 5.74) is 0.700. The summed E-state index contributed by atoms with van der Waals surface area (Å²) in [5.74, 6) is 1.47. The van der Waals surface area contributed by atoms with Crippen molar-refractivity contribution < 1.29 is 9.53 Å². The van der Waals surface area contributed by atoms with Crippen molar-refractivity contribution in [3.8, 4) is 11.5 Å². The zero-order chi connectivity index (χ0) is 16.1. The van der Waals surface area contributed by atoms with Crippen molar-refractivity contribution in [3.05, 3.63) is 54.4 Å². The van der Waals surface area contributed by atoms with Gasteiger partial charge in [0, 0.05) is 30.9 Å². The van der Waals surface area contributed by atoms with Gasteiger partial charge in [-0.2, -0.15) is 0 Å². The van der Waals surface area contributed by atoms with Crippen LogP contribution in [0.1, 0.15) is 23.2 Å². The van der Waals surface area contributed by atoms with Gasteiger partial charge in [0.15, 0.2) is 0 Å². The van der Waals surface area contributed by atoms with Gasteiger partial charge in [0.1, 0.15) is 11.5 Å². The number of likely N-dealkylation sites (tertiary alicyclic amines) is 1. The van der Waals surface area contributed by atoms with Crippen LogP contribution < -0.4 is 10.1 Å². The molecule has 0 aliphatic carbocycles. The number of nitrogens with zero attached hydrogens (tertiary/aromatic N) is 2. The number of benzene rings is 1. The molecule has 1 amide bonds. The lowest BCUT2D eigenvalue weighted by atomic mass is 10.0. The first-order valence-corrected chi connectivity index (χ1v) is 7.91. The first-order valence-electron chi connectivity index (χ1n) is 7.91. The Bertz CT molecular complexity index is 635. The fourth-order valence-corrected chi connectivity index (χ4v) is 2.76. The first kappa shape index (κ1) is 15.5. The highest BCUT2D eigenvalue weighted by atomic mass is 16.5. The predicted molar refractivity (Wildman–Crippen MR) is 88.7 cm³/mol. The van der Waals surface area contributed by atoms with E-state index >= 15 is 0 Å². The van der Waals surface area contributed by atoms with Gasteiger partial charge in [0.05, 0.1) is 6.20 Å². The number of ether oxygens (including phenoxy) is 1. The van der Waals surface area contributed by atoms with E-state index in [2.05, 4.69) is 10.3 Å². The molecule has 1 N–H and O–H groups in total. The number of piperidine rings is 1. The number of hydrogen-bond donors (Lipinski definition) is 1. The molecule has 5 heteroatoms. The predicted octanol–water partition coefficient (Wildman–Crippen LogP) is 2.70. The van der Waals surface area contributed by atoms with Crippen LogP contribution in [0.15, 0.2) is 48.8 Å². The minimum atomic E-state index is 0.0903. The summed E-state index contributed by atoms with van der Waals surface area (Å²) in [6.45, 7) is 1.61. The van der Waals surface area contributed by atoms with E-state index < -0.39 is 0 Å². The van der Waals surface area contributed by atoms with Gasteiger partial charge in [0.2, 0.25) is 0 Å². The molecule has 0 bridgehead atoms. The maximum absolute atomic E-state index is 12.5. The first-order chi connectivity index (χ1) is 11.3. The number of carbonyl (C=O) groups excluding carboxylic acids is 1. The molecule has 23 heavy (non-hydrogen) atoms. The molecule has 5 nitrogen and oxygen atoms in total. The Labute approximate surface area is 136 Å². The summed E-state index contributed by atoms with van der Waals surface area (Å²) in [6, 6.07) is 11.5. The Kier molecular flexibility index (Phi) is 4.88. The van der Waals surface area contributed by atoms with E-state index in [0.29, 0.717) is 23.1 Å². The van der Waals surface area contributed by atoms with E-state index in [1.165, 1.54) is 0 Å². The summed E-state index contributed by atoms with van der Waals surface area (Å²) >= 11 is 0. The molecule has 0 unspecified atom stereocenters. The van der Waals surface area contributed by atoms with Crippen molar-refractivity contribution >= 4 is 5.91 Å². The normalized spacial score (nSPS) is 15.4. The molecule has 120 valence electrons. The number of carbonyl (C=O) groups is 1. The topological polar surface area (TPSA) is 54.5 Å². The molecule has 1 aromatic carbocycles. The zero-order valence-corrected chi connectivity index (χ0v) is 13.2. The van der Waals surface area contributed by atoms with Gasteiger partial charge in [-0.3, -0.25) is 9.78 Å². The molecule has 0 spiro atoms. The SMILES string of the molecule is CNC1CCN(C(=O)c2ccc(Oc3cccnc3)cc2)CC1. The zero-order valence-electron chi connectivity index (χ0n) is 13.2. The van der Waals surface area contributed by atoms with Crippen molar-refractivity contribution in [1.82, 2.24) is 15.2 Å². The smallest absolute Gasteiger partial charge is 0.253 e. The van der Waals surface area contributed by atoms with Crippen molar-refractivity contribution in [2.45, 2.75) is 18.9 Å². The fraction of sp³-hybridized carbons (Fsp3) is 0.333. The summed E-state index contributed by atoms with van der Waals surface area (Å²) in [5, 5.41) is 3.27. The van der Waals surface area contributed by atoms with E-state index in [1.54, 1.807) is 12.4 Å². The van der Waals surface area contributed by atoms with Crippen LogP contribution in [0.4, 0.5) is 0 Å². The summed E-state index contributed by atoms with van der Waals surface area (Å²) in [4.78, 5) is 18.5. The monoisotopic (exact) mass is 311 g/mol. The summed E-state index contributed by atoms with van der Waals surface area (Å²) < 4.78 is 5.69. The highest BCUT2D eigenvalue weighted by molar-refractivity contribution is 5.94. The average molecular weight is 311 g/mol. The number of hydrogen-bond acceptors (Lipinski definition) is 4. The maximum Gasteiger partial charge on any atom is 0.253 e. The van der Waals surface area contributed by atoms with Crippen LogP contribution in [0.5, 0.6) is 11.5 Å². The molecule has 0 saturated carbocycles. The maximum atomic E-state index is 12.5. The number of aromatic nitrogens is 1. The van der Waals surface area contributed by atoms with Crippen molar-refractivity contribution in [2.24, 2.45) is 0 Å². The van der Waals surface area contributed by atoms with E-state index in [9.17, 15) is 4.79 Å². The van der Waals surface area contributed by atoms with Gasteiger partial charge in [-0.1, -0.05) is 0 Å². The lowest BCUT2D eigenvalue weighted by Crippen LogP contribution is -2.43. The molecule has 1 fully saturated rings. The molecule has 2 heterocycles.